The van der Waals surface area contributed by atoms with E-state index in [0.717, 1.165) is 57.8 Å². The van der Waals surface area contributed by atoms with Gasteiger partial charge in [0.15, 0.2) is 6.29 Å². The van der Waals surface area contributed by atoms with Crippen molar-refractivity contribution in [2.75, 3.05) is 26.4 Å². The minimum Gasteiger partial charge on any atom is -0.457 e. The number of ether oxygens (including phenoxy) is 4. The summed E-state index contributed by atoms with van der Waals surface area (Å²) < 4.78 is 23.0. The van der Waals surface area contributed by atoms with E-state index in [0.29, 0.717) is 13.0 Å². The first kappa shape index (κ1) is 68.2. The molecule has 0 aromatic rings. The zero-order valence-corrected chi connectivity index (χ0v) is 46.9. The molecule has 1 saturated heterocycles. The highest BCUT2D eigenvalue weighted by molar-refractivity contribution is 5.69. The second kappa shape index (κ2) is 54.0. The van der Waals surface area contributed by atoms with Crippen LogP contribution in [0.1, 0.15) is 284 Å². The molecule has 0 aliphatic carbocycles. The average Bonchev–Trinajstić information content (AvgIpc) is 3.38. The van der Waals surface area contributed by atoms with E-state index in [2.05, 4.69) is 62.5 Å². The fourth-order valence-electron chi connectivity index (χ4n) is 9.55. The molecule has 9 nitrogen and oxygen atoms in total. The third-order valence-electron chi connectivity index (χ3n) is 14.3. The van der Waals surface area contributed by atoms with Crippen LogP contribution in [0.4, 0.5) is 0 Å². The van der Waals surface area contributed by atoms with E-state index in [1.54, 1.807) is 0 Å². The second-order valence-corrected chi connectivity index (χ2v) is 21.1. The van der Waals surface area contributed by atoms with Crippen molar-refractivity contribution < 1.29 is 44.2 Å². The third-order valence-corrected chi connectivity index (χ3v) is 14.3. The lowest BCUT2D eigenvalue weighted by Crippen LogP contribution is -2.59. The molecule has 0 radical (unpaired) electrons. The van der Waals surface area contributed by atoms with Crippen molar-refractivity contribution in [2.24, 2.45) is 0 Å². The Bertz CT molecular complexity index is 1250. The quantitative estimate of drug-likeness (QED) is 0.0267. The summed E-state index contributed by atoms with van der Waals surface area (Å²) in [6.45, 7) is 4.50. The summed E-state index contributed by atoms with van der Waals surface area (Å²) in [6, 6.07) is 0. The van der Waals surface area contributed by atoms with Gasteiger partial charge in [-0.05, 0) is 51.4 Å². The summed E-state index contributed by atoms with van der Waals surface area (Å²) in [6.07, 6.45) is 63.1. The molecule has 0 saturated carbocycles. The van der Waals surface area contributed by atoms with Gasteiger partial charge in [0.05, 0.1) is 19.8 Å². The van der Waals surface area contributed by atoms with Gasteiger partial charge < -0.3 is 39.4 Å². The standard InChI is InChI=1S/C63H116O9/c1-3-5-7-9-11-13-15-17-19-21-23-25-27-29-30-32-34-36-38-40-42-44-46-48-50-52-59(65)71-57(56-70-63-62(68)61(67)60(66)58(54-64)72-63)55-69-53-51-49-47-45-43-41-39-37-35-33-31-28-26-24-22-20-18-16-14-12-10-8-6-4-2/h6,8,12,14,18,20,24,26,57-58,60-64,66-68H,3-5,7,9-11,13,15-17,19,21-23,25,27-56H2,1-2H3/b8-6-,14-12-,20-18-,26-24-. The number of unbranched alkanes of at least 4 members (excludes halogenated alkanes) is 35. The molecule has 9 heteroatoms. The molecule has 0 aromatic heterocycles. The van der Waals surface area contributed by atoms with Gasteiger partial charge in [-0.1, -0.05) is 274 Å². The van der Waals surface area contributed by atoms with E-state index < -0.39 is 43.4 Å². The van der Waals surface area contributed by atoms with Crippen LogP contribution in [0.15, 0.2) is 48.6 Å². The molecule has 72 heavy (non-hydrogen) atoms. The van der Waals surface area contributed by atoms with Crippen LogP contribution in [-0.4, -0.2) is 89.6 Å². The monoisotopic (exact) mass is 1020 g/mol. The predicted octanol–water partition coefficient (Wildman–Crippen LogP) is 16.4. The molecule has 6 atom stereocenters. The maximum atomic E-state index is 12.9. The predicted molar refractivity (Wildman–Crippen MR) is 302 cm³/mol. The van der Waals surface area contributed by atoms with E-state index in [1.165, 1.54) is 205 Å². The molecule has 422 valence electrons. The Hall–Kier alpha value is -1.85. The van der Waals surface area contributed by atoms with Crippen LogP contribution < -0.4 is 0 Å². The van der Waals surface area contributed by atoms with E-state index in [1.807, 2.05) is 0 Å². The Balaban J connectivity index is 2.12. The van der Waals surface area contributed by atoms with Crippen molar-refractivity contribution in [2.45, 2.75) is 320 Å². The highest BCUT2D eigenvalue weighted by Crippen LogP contribution is 2.23. The van der Waals surface area contributed by atoms with Crippen LogP contribution in [0, 0.1) is 0 Å². The fraction of sp³-hybridized carbons (Fsp3) is 0.857. The minimum atomic E-state index is -1.54. The summed E-state index contributed by atoms with van der Waals surface area (Å²) in [5, 5.41) is 40.4. The molecule has 0 aromatic carbocycles. The van der Waals surface area contributed by atoms with Gasteiger partial charge in [-0.15, -0.1) is 0 Å². The molecule has 0 amide bonds. The van der Waals surface area contributed by atoms with Gasteiger partial charge in [0.2, 0.25) is 0 Å². The summed E-state index contributed by atoms with van der Waals surface area (Å²) in [5.74, 6) is -0.308. The number of allylic oxidation sites excluding steroid dienone is 8. The number of hydrogen-bond acceptors (Lipinski definition) is 9. The smallest absolute Gasteiger partial charge is 0.306 e. The lowest BCUT2D eigenvalue weighted by Gasteiger charge is -2.39. The van der Waals surface area contributed by atoms with Crippen molar-refractivity contribution in [1.29, 1.82) is 0 Å². The van der Waals surface area contributed by atoms with Gasteiger partial charge in [0.25, 0.3) is 0 Å². The normalized spacial score (nSPS) is 19.0. The molecule has 1 aliphatic heterocycles. The maximum Gasteiger partial charge on any atom is 0.306 e. The second-order valence-electron chi connectivity index (χ2n) is 21.1. The molecule has 6 unspecified atom stereocenters. The number of carbonyl (C=O) groups is 1. The lowest BCUT2D eigenvalue weighted by molar-refractivity contribution is -0.305. The van der Waals surface area contributed by atoms with Gasteiger partial charge in [-0.25, -0.2) is 0 Å². The van der Waals surface area contributed by atoms with Crippen LogP contribution in [0.5, 0.6) is 0 Å². The first-order chi connectivity index (χ1) is 35.4. The number of rotatable bonds is 54. The number of hydrogen-bond donors (Lipinski definition) is 4. The molecule has 1 aliphatic rings. The third kappa shape index (κ3) is 43.4. The maximum absolute atomic E-state index is 12.9. The Labute approximate surface area is 443 Å². The summed E-state index contributed by atoms with van der Waals surface area (Å²) in [7, 11) is 0. The average molecular weight is 1020 g/mol. The van der Waals surface area contributed by atoms with Gasteiger partial charge in [-0.3, -0.25) is 4.79 Å². The van der Waals surface area contributed by atoms with Gasteiger partial charge >= 0.3 is 5.97 Å². The van der Waals surface area contributed by atoms with E-state index in [4.69, 9.17) is 18.9 Å². The Morgan fingerprint density at radius 1 is 0.458 bits per heavy atom. The Morgan fingerprint density at radius 3 is 1.28 bits per heavy atom. The molecule has 1 heterocycles. The summed E-state index contributed by atoms with van der Waals surface area (Å²) >= 11 is 0. The van der Waals surface area contributed by atoms with Crippen molar-refractivity contribution >= 4 is 5.97 Å². The van der Waals surface area contributed by atoms with E-state index in [9.17, 15) is 25.2 Å². The first-order valence-corrected chi connectivity index (χ1v) is 30.7. The Morgan fingerprint density at radius 2 is 0.847 bits per heavy atom. The molecule has 1 rings (SSSR count). The van der Waals surface area contributed by atoms with Crippen LogP contribution in [-0.2, 0) is 23.7 Å². The van der Waals surface area contributed by atoms with Gasteiger partial charge in [0, 0.05) is 13.0 Å². The van der Waals surface area contributed by atoms with Crippen LogP contribution >= 0.6 is 0 Å². The first-order valence-electron chi connectivity index (χ1n) is 30.7. The number of aliphatic hydroxyl groups is 4. The fourth-order valence-corrected chi connectivity index (χ4v) is 9.55. The minimum absolute atomic E-state index is 0.112. The van der Waals surface area contributed by atoms with Crippen molar-refractivity contribution in [1.82, 2.24) is 0 Å². The van der Waals surface area contributed by atoms with Crippen LogP contribution in [0.3, 0.4) is 0 Å². The number of aliphatic hydroxyl groups excluding tert-OH is 4. The zero-order chi connectivity index (χ0) is 52.1. The van der Waals surface area contributed by atoms with Crippen LogP contribution in [0.25, 0.3) is 0 Å². The summed E-state index contributed by atoms with van der Waals surface area (Å²) in [5.41, 5.74) is 0. The molecule has 1 fully saturated rings. The van der Waals surface area contributed by atoms with Gasteiger partial charge in [0.1, 0.15) is 30.5 Å². The highest BCUT2D eigenvalue weighted by Gasteiger charge is 2.44. The van der Waals surface area contributed by atoms with E-state index in [-0.39, 0.29) is 19.2 Å². The lowest BCUT2D eigenvalue weighted by atomic mass is 9.99. The highest BCUT2D eigenvalue weighted by atomic mass is 16.7. The van der Waals surface area contributed by atoms with Crippen LogP contribution in [0.2, 0.25) is 0 Å². The largest absolute Gasteiger partial charge is 0.457 e. The SMILES string of the molecule is CC/C=C\C/C=C\C/C=C\C/C=C\CCCCCCCCCCCCCOCC(COC1OC(CO)C(O)C(O)C1O)OC(=O)CCCCCCCCCCCCCCCCCCCCCCCCCCC. The van der Waals surface area contributed by atoms with Crippen molar-refractivity contribution in [3.05, 3.63) is 48.6 Å². The molecular formula is C63H116O9. The van der Waals surface area contributed by atoms with Gasteiger partial charge in [-0.2, -0.15) is 0 Å². The van der Waals surface area contributed by atoms with E-state index >= 15 is 0 Å². The molecule has 0 bridgehead atoms. The molecule has 0 spiro atoms. The number of carbonyl (C=O) groups excluding carboxylic acids is 1. The molecular weight excluding hydrogens is 901 g/mol. The topological polar surface area (TPSA) is 135 Å². The molecule has 4 N–H and O–H groups in total. The Kier molecular flexibility index (Phi) is 51.1. The zero-order valence-electron chi connectivity index (χ0n) is 46.9. The summed E-state index contributed by atoms with van der Waals surface area (Å²) in [4.78, 5) is 12.9. The van der Waals surface area contributed by atoms with Crippen molar-refractivity contribution in [3.8, 4) is 0 Å². The van der Waals surface area contributed by atoms with Crippen molar-refractivity contribution in [3.63, 3.8) is 0 Å². The number of esters is 1.